The second kappa shape index (κ2) is 9.58. The Hall–Kier alpha value is -0.670. The second-order valence-corrected chi connectivity index (χ2v) is 7.79. The molecule has 1 aromatic carbocycles. The van der Waals surface area contributed by atoms with E-state index in [-0.39, 0.29) is 0 Å². The average molecular weight is 340 g/mol. The van der Waals surface area contributed by atoms with Crippen LogP contribution in [-0.2, 0) is 24.6 Å². The molecule has 4 nitrogen and oxygen atoms in total. The Labute approximate surface area is 140 Å². The second-order valence-electron chi connectivity index (χ2n) is 6.02. The summed E-state index contributed by atoms with van der Waals surface area (Å²) in [7, 11) is -2.00. The lowest BCUT2D eigenvalue weighted by molar-refractivity contribution is 0.135. The predicted octanol–water partition coefficient (Wildman–Crippen LogP) is 5.47. The molecule has 2 rings (SSSR count). The van der Waals surface area contributed by atoms with Crippen molar-refractivity contribution in [2.24, 2.45) is 0 Å². The zero-order valence-electron chi connectivity index (χ0n) is 14.3. The Morgan fingerprint density at radius 3 is 2.57 bits per heavy atom. The number of phosphoric ester groups is 1. The van der Waals surface area contributed by atoms with Crippen molar-refractivity contribution in [1.82, 2.24) is 0 Å². The van der Waals surface area contributed by atoms with Crippen molar-refractivity contribution in [2.45, 2.75) is 57.8 Å². The standard InChI is InChI=1S/C18H29O4P/c1-3-21-23(19,20-2)22-15-9-13-17-12-7-8-14-18(17)16-10-5-4-6-11-16/h7-8,12,14,16H,3-6,9-11,13,15H2,1-2H3. The van der Waals surface area contributed by atoms with Gasteiger partial charge in [0.25, 0.3) is 0 Å². The van der Waals surface area contributed by atoms with Crippen LogP contribution in [0.15, 0.2) is 24.3 Å². The normalized spacial score (nSPS) is 18.7. The Morgan fingerprint density at radius 1 is 1.13 bits per heavy atom. The van der Waals surface area contributed by atoms with Gasteiger partial charge in [0.15, 0.2) is 0 Å². The Balaban J connectivity index is 1.87. The van der Waals surface area contributed by atoms with Crippen molar-refractivity contribution in [1.29, 1.82) is 0 Å². The van der Waals surface area contributed by atoms with Crippen LogP contribution in [0.5, 0.6) is 0 Å². The first kappa shape index (κ1) is 18.7. The zero-order chi connectivity index (χ0) is 16.5. The van der Waals surface area contributed by atoms with E-state index >= 15 is 0 Å². The zero-order valence-corrected chi connectivity index (χ0v) is 15.2. The van der Waals surface area contributed by atoms with Crippen LogP contribution in [0.2, 0.25) is 0 Å². The predicted molar refractivity (Wildman–Crippen MR) is 92.8 cm³/mol. The molecule has 1 unspecified atom stereocenters. The lowest BCUT2D eigenvalue weighted by atomic mass is 9.81. The fraction of sp³-hybridized carbons (Fsp3) is 0.667. The van der Waals surface area contributed by atoms with Gasteiger partial charge in [-0.3, -0.25) is 13.6 Å². The molecule has 0 spiro atoms. The highest BCUT2D eigenvalue weighted by Crippen LogP contribution is 2.48. The van der Waals surface area contributed by atoms with E-state index in [2.05, 4.69) is 24.3 Å². The average Bonchev–Trinajstić information content (AvgIpc) is 2.60. The quantitative estimate of drug-likeness (QED) is 0.441. The van der Waals surface area contributed by atoms with Gasteiger partial charge < -0.3 is 0 Å². The van der Waals surface area contributed by atoms with Gasteiger partial charge >= 0.3 is 7.82 Å². The summed E-state index contributed by atoms with van der Waals surface area (Å²) in [4.78, 5) is 0. The maximum Gasteiger partial charge on any atom is 0.474 e. The highest BCUT2D eigenvalue weighted by Gasteiger charge is 2.23. The molecular weight excluding hydrogens is 311 g/mol. The van der Waals surface area contributed by atoms with Gasteiger partial charge in [-0.05, 0) is 49.7 Å². The molecule has 5 heteroatoms. The fourth-order valence-corrected chi connectivity index (χ4v) is 4.27. The van der Waals surface area contributed by atoms with Gasteiger partial charge in [0.2, 0.25) is 0 Å². The summed E-state index contributed by atoms with van der Waals surface area (Å²) >= 11 is 0. The van der Waals surface area contributed by atoms with Crippen molar-refractivity contribution in [3.05, 3.63) is 35.4 Å². The van der Waals surface area contributed by atoms with E-state index in [1.807, 2.05) is 0 Å². The lowest BCUT2D eigenvalue weighted by Gasteiger charge is -2.24. The summed E-state index contributed by atoms with van der Waals surface area (Å²) in [5.74, 6) is 0.703. The van der Waals surface area contributed by atoms with Crippen molar-refractivity contribution in [3.8, 4) is 0 Å². The summed E-state index contributed by atoms with van der Waals surface area (Å²) in [6.07, 6.45) is 8.40. The minimum Gasteiger partial charge on any atom is -0.290 e. The monoisotopic (exact) mass is 340 g/mol. The number of phosphoric acid groups is 1. The van der Waals surface area contributed by atoms with Crippen LogP contribution in [0.3, 0.4) is 0 Å². The van der Waals surface area contributed by atoms with Crippen molar-refractivity contribution < 1.29 is 18.1 Å². The van der Waals surface area contributed by atoms with Gasteiger partial charge in [0.1, 0.15) is 0 Å². The SMILES string of the molecule is CCOP(=O)(OC)OCCCc1ccccc1C1CCCCC1. The number of hydrogen-bond acceptors (Lipinski definition) is 4. The van der Waals surface area contributed by atoms with E-state index in [1.165, 1.54) is 50.3 Å². The summed E-state index contributed by atoms with van der Waals surface area (Å²) in [5, 5.41) is 0. The third-order valence-corrected chi connectivity index (χ3v) is 5.97. The fourth-order valence-electron chi connectivity index (χ4n) is 3.31. The maximum absolute atomic E-state index is 12.0. The minimum absolute atomic E-state index is 0.315. The first-order valence-corrected chi connectivity index (χ1v) is 10.2. The molecule has 1 atom stereocenters. The van der Waals surface area contributed by atoms with E-state index in [0.717, 1.165) is 12.8 Å². The van der Waals surface area contributed by atoms with Crippen LogP contribution < -0.4 is 0 Å². The molecule has 1 aliphatic rings. The van der Waals surface area contributed by atoms with Gasteiger partial charge in [0, 0.05) is 7.11 Å². The van der Waals surface area contributed by atoms with Gasteiger partial charge in [-0.1, -0.05) is 43.5 Å². The van der Waals surface area contributed by atoms with Crippen LogP contribution in [0.25, 0.3) is 0 Å². The molecule has 130 valence electrons. The third-order valence-electron chi connectivity index (χ3n) is 4.45. The molecule has 1 saturated carbocycles. The van der Waals surface area contributed by atoms with Crippen molar-refractivity contribution >= 4 is 7.82 Å². The number of rotatable bonds is 9. The molecule has 0 N–H and O–H groups in total. The largest absolute Gasteiger partial charge is 0.474 e. The molecule has 1 fully saturated rings. The summed E-state index contributed by atoms with van der Waals surface area (Å²) < 4.78 is 27.3. The van der Waals surface area contributed by atoms with Crippen molar-refractivity contribution in [3.63, 3.8) is 0 Å². The van der Waals surface area contributed by atoms with E-state index in [0.29, 0.717) is 19.1 Å². The molecule has 0 bridgehead atoms. The van der Waals surface area contributed by atoms with E-state index in [9.17, 15) is 4.57 Å². The number of benzene rings is 1. The molecule has 0 aliphatic heterocycles. The van der Waals surface area contributed by atoms with Crippen molar-refractivity contribution in [2.75, 3.05) is 20.3 Å². The molecule has 1 aliphatic carbocycles. The molecule has 0 radical (unpaired) electrons. The van der Waals surface area contributed by atoms with E-state index < -0.39 is 7.82 Å². The Bertz CT molecular complexity index is 511. The summed E-state index contributed by atoms with van der Waals surface area (Å²) in [6.45, 7) is 2.47. The van der Waals surface area contributed by atoms with Crippen LogP contribution in [0, 0.1) is 0 Å². The minimum atomic E-state index is -3.36. The molecular formula is C18H29O4P. The first-order valence-electron chi connectivity index (χ1n) is 8.71. The molecule has 0 aromatic heterocycles. The van der Waals surface area contributed by atoms with Crippen LogP contribution in [0.1, 0.15) is 62.5 Å². The van der Waals surface area contributed by atoms with Crippen LogP contribution in [0.4, 0.5) is 0 Å². The Kier molecular flexibility index (Phi) is 7.78. The highest BCUT2D eigenvalue weighted by molar-refractivity contribution is 7.48. The molecule has 23 heavy (non-hydrogen) atoms. The Morgan fingerprint density at radius 2 is 1.87 bits per heavy atom. The summed E-state index contributed by atoms with van der Waals surface area (Å²) in [6, 6.07) is 8.72. The van der Waals surface area contributed by atoms with Gasteiger partial charge in [-0.15, -0.1) is 0 Å². The maximum atomic E-state index is 12.0. The molecule has 1 aromatic rings. The summed E-state index contributed by atoms with van der Waals surface area (Å²) in [5.41, 5.74) is 2.89. The molecule has 0 saturated heterocycles. The first-order chi connectivity index (χ1) is 11.2. The smallest absolute Gasteiger partial charge is 0.290 e. The van der Waals surface area contributed by atoms with Gasteiger partial charge in [-0.2, -0.15) is 0 Å². The number of aryl methyl sites for hydroxylation is 1. The van der Waals surface area contributed by atoms with Gasteiger partial charge in [-0.25, -0.2) is 4.57 Å². The highest BCUT2D eigenvalue weighted by atomic mass is 31.2. The number of hydrogen-bond donors (Lipinski definition) is 0. The van der Waals surface area contributed by atoms with Crippen LogP contribution >= 0.6 is 7.82 Å². The molecule has 0 amide bonds. The van der Waals surface area contributed by atoms with Gasteiger partial charge in [0.05, 0.1) is 13.2 Å². The lowest BCUT2D eigenvalue weighted by Crippen LogP contribution is -2.08. The molecule has 0 heterocycles. The van der Waals surface area contributed by atoms with E-state index in [1.54, 1.807) is 6.92 Å². The van der Waals surface area contributed by atoms with E-state index in [4.69, 9.17) is 13.6 Å². The van der Waals surface area contributed by atoms with Crippen LogP contribution in [-0.4, -0.2) is 20.3 Å². The third kappa shape index (κ3) is 5.72. The topological polar surface area (TPSA) is 44.8 Å².